The van der Waals surface area contributed by atoms with Crippen LogP contribution < -0.4 is 0 Å². The van der Waals surface area contributed by atoms with Crippen LogP contribution in [-0.4, -0.2) is 18.1 Å². The van der Waals surface area contributed by atoms with Gasteiger partial charge in [-0.05, 0) is 22.9 Å². The lowest BCUT2D eigenvalue weighted by Gasteiger charge is -2.02. The van der Waals surface area contributed by atoms with Crippen molar-refractivity contribution in [2.75, 3.05) is 0 Å². The van der Waals surface area contributed by atoms with Crippen LogP contribution in [0, 0.1) is 0 Å². The zero-order chi connectivity index (χ0) is 27.3. The molecule has 0 aromatic heterocycles. The molecule has 4 rings (SSSR count). The maximum atomic E-state index is 11.0. The Bertz CT molecular complexity index is 1160. The minimum atomic E-state index is -4.13. The predicted molar refractivity (Wildman–Crippen MR) is 154 cm³/mol. The Morgan fingerprint density at radius 3 is 1.34 bits per heavy atom. The summed E-state index contributed by atoms with van der Waals surface area (Å²) in [4.78, 5) is -0.0457. The molecule has 0 fully saturated rings. The molecule has 0 aliphatic carbocycles. The van der Waals surface area contributed by atoms with Gasteiger partial charge in [0, 0.05) is 10.8 Å². The van der Waals surface area contributed by atoms with Crippen molar-refractivity contribution < 1.29 is 18.1 Å². The number of benzene rings is 4. The monoisotopic (exact) mass is 500 g/mol. The van der Waals surface area contributed by atoms with E-state index in [1.165, 1.54) is 18.9 Å². The molecule has 4 aromatic carbocycles. The first-order valence-electron chi connectivity index (χ1n) is 12.4. The van der Waals surface area contributed by atoms with Gasteiger partial charge in [-0.15, -0.1) is 0 Å². The molecule has 35 heavy (non-hydrogen) atoms. The molecule has 0 bridgehead atoms. The number of fused-ring (bicyclic) bond motifs is 2. The summed E-state index contributed by atoms with van der Waals surface area (Å²) in [5.74, 6) is 0.350. The van der Waals surface area contributed by atoms with E-state index >= 15 is 0 Å². The number of phenols is 1. The molecule has 0 saturated heterocycles. The Balaban J connectivity index is 0. The van der Waals surface area contributed by atoms with Gasteiger partial charge in [0.15, 0.2) is 0 Å². The average molecular weight is 501 g/mol. The van der Waals surface area contributed by atoms with E-state index in [9.17, 15) is 13.5 Å². The normalized spacial score (nSPS) is 9.29. The fourth-order valence-electron chi connectivity index (χ4n) is 2.63. The average Bonchev–Trinajstić information content (AvgIpc) is 2.87. The summed E-state index contributed by atoms with van der Waals surface area (Å²) in [5.41, 5.74) is 0. The molecule has 5 heteroatoms. The SMILES string of the molecule is CC.CC.CCC.CCC.O=S(=O)(O)c1cccc2ccccc12.Oc1cccc2ccccc12. The van der Waals surface area contributed by atoms with Crippen LogP contribution in [0.5, 0.6) is 5.75 Å². The standard InChI is InChI=1S/C10H8O3S.C10H8O.2C3H8.2C2H6/c11-14(12,13)10-7-3-5-8-4-1-2-6-9(8)10;11-10-7-3-5-8-4-1-2-6-9(8)10;2*1-3-2;2*1-2/h1-7H,(H,11,12,13);1-7,11H;2*3H2,1-2H3;2*1-2H3. The van der Waals surface area contributed by atoms with E-state index in [1.807, 2.05) is 70.2 Å². The largest absolute Gasteiger partial charge is 0.507 e. The predicted octanol–water partition coefficient (Wildman–Crippen LogP) is 9.52. The lowest BCUT2D eigenvalue weighted by atomic mass is 10.1. The van der Waals surface area contributed by atoms with E-state index in [1.54, 1.807) is 36.4 Å². The second-order valence-corrected chi connectivity index (χ2v) is 8.25. The van der Waals surface area contributed by atoms with Crippen molar-refractivity contribution in [2.24, 2.45) is 0 Å². The molecule has 0 amide bonds. The Kier molecular flexibility index (Phi) is 20.1. The van der Waals surface area contributed by atoms with E-state index in [0.717, 1.165) is 16.2 Å². The molecule has 0 saturated carbocycles. The van der Waals surface area contributed by atoms with Gasteiger partial charge in [0.25, 0.3) is 10.1 Å². The molecule has 0 atom stereocenters. The lowest BCUT2D eigenvalue weighted by Crippen LogP contribution is -1.98. The number of aromatic hydroxyl groups is 1. The summed E-state index contributed by atoms with van der Waals surface area (Å²) in [6.45, 7) is 16.5. The van der Waals surface area contributed by atoms with Crippen LogP contribution in [0.2, 0.25) is 0 Å². The van der Waals surface area contributed by atoms with Crippen molar-refractivity contribution in [2.45, 2.75) is 73.1 Å². The van der Waals surface area contributed by atoms with Crippen molar-refractivity contribution in [1.29, 1.82) is 0 Å². The van der Waals surface area contributed by atoms with Crippen LogP contribution in [-0.2, 0) is 10.1 Å². The van der Waals surface area contributed by atoms with Gasteiger partial charge in [-0.3, -0.25) is 4.55 Å². The van der Waals surface area contributed by atoms with Crippen LogP contribution >= 0.6 is 0 Å². The Hall–Kier alpha value is -2.89. The number of hydrogen-bond acceptors (Lipinski definition) is 3. The molecular formula is C30H44O4S. The van der Waals surface area contributed by atoms with E-state index in [-0.39, 0.29) is 4.90 Å². The summed E-state index contributed by atoms with van der Waals surface area (Å²) in [7, 11) is -4.13. The smallest absolute Gasteiger partial charge is 0.295 e. The van der Waals surface area contributed by atoms with Crippen molar-refractivity contribution in [1.82, 2.24) is 0 Å². The minimum absolute atomic E-state index is 0.0457. The highest BCUT2D eigenvalue weighted by Gasteiger charge is 2.12. The molecule has 0 heterocycles. The molecule has 194 valence electrons. The molecule has 2 N–H and O–H groups in total. The number of phenolic OH excluding ortho intramolecular Hbond substituents is 1. The summed E-state index contributed by atoms with van der Waals surface area (Å²) in [5, 5.41) is 12.7. The fraction of sp³-hybridized carbons (Fsp3) is 0.333. The first-order valence-corrected chi connectivity index (χ1v) is 13.9. The maximum absolute atomic E-state index is 11.0. The molecule has 0 aliphatic rings. The Labute approximate surface area is 213 Å². The second kappa shape index (κ2) is 20.5. The van der Waals surface area contributed by atoms with Gasteiger partial charge in [-0.2, -0.15) is 8.42 Å². The van der Waals surface area contributed by atoms with Crippen LogP contribution in [0.4, 0.5) is 0 Å². The third-order valence-corrected chi connectivity index (χ3v) is 4.71. The molecule has 0 aliphatic heterocycles. The molecule has 0 spiro atoms. The molecule has 0 unspecified atom stereocenters. The molecule has 4 aromatic rings. The van der Waals surface area contributed by atoms with Crippen molar-refractivity contribution >= 4 is 31.7 Å². The maximum Gasteiger partial charge on any atom is 0.295 e. The highest BCUT2D eigenvalue weighted by molar-refractivity contribution is 7.86. The fourth-order valence-corrected chi connectivity index (χ4v) is 3.34. The zero-order valence-electron chi connectivity index (χ0n) is 22.6. The summed E-state index contributed by atoms with van der Waals surface area (Å²) in [6, 6.07) is 25.1. The van der Waals surface area contributed by atoms with Crippen LogP contribution in [0.15, 0.2) is 89.8 Å². The van der Waals surface area contributed by atoms with E-state index in [2.05, 4.69) is 27.7 Å². The highest BCUT2D eigenvalue weighted by atomic mass is 32.2. The Morgan fingerprint density at radius 1 is 0.571 bits per heavy atom. The van der Waals surface area contributed by atoms with Gasteiger partial charge in [0.2, 0.25) is 0 Å². The zero-order valence-corrected chi connectivity index (χ0v) is 23.4. The van der Waals surface area contributed by atoms with Crippen molar-refractivity contribution in [3.05, 3.63) is 84.9 Å². The third-order valence-electron chi connectivity index (χ3n) is 3.79. The van der Waals surface area contributed by atoms with Gasteiger partial charge in [-0.25, -0.2) is 0 Å². The first-order chi connectivity index (χ1) is 16.8. The van der Waals surface area contributed by atoms with Gasteiger partial charge in [0.05, 0.1) is 0 Å². The molecule has 4 nitrogen and oxygen atoms in total. The topological polar surface area (TPSA) is 74.6 Å². The van der Waals surface area contributed by atoms with Gasteiger partial charge in [-0.1, -0.05) is 141 Å². The quantitative estimate of drug-likeness (QED) is 0.255. The molecule has 0 radical (unpaired) electrons. The lowest BCUT2D eigenvalue weighted by molar-refractivity contribution is 0.481. The van der Waals surface area contributed by atoms with E-state index in [0.29, 0.717) is 11.1 Å². The highest BCUT2D eigenvalue weighted by Crippen LogP contribution is 2.23. The van der Waals surface area contributed by atoms with Crippen LogP contribution in [0.25, 0.3) is 21.5 Å². The summed E-state index contributed by atoms with van der Waals surface area (Å²) < 4.78 is 31.0. The number of rotatable bonds is 1. The van der Waals surface area contributed by atoms with Crippen molar-refractivity contribution in [3.8, 4) is 5.75 Å². The van der Waals surface area contributed by atoms with Crippen LogP contribution in [0.3, 0.4) is 0 Å². The van der Waals surface area contributed by atoms with E-state index in [4.69, 9.17) is 4.55 Å². The van der Waals surface area contributed by atoms with Gasteiger partial charge in [0.1, 0.15) is 10.6 Å². The third kappa shape index (κ3) is 13.0. The minimum Gasteiger partial charge on any atom is -0.507 e. The summed E-state index contributed by atoms with van der Waals surface area (Å²) >= 11 is 0. The first kappa shape index (κ1) is 34.3. The van der Waals surface area contributed by atoms with Gasteiger partial charge >= 0.3 is 0 Å². The molecular weight excluding hydrogens is 456 g/mol. The van der Waals surface area contributed by atoms with Crippen LogP contribution in [0.1, 0.15) is 68.2 Å². The Morgan fingerprint density at radius 2 is 0.914 bits per heavy atom. The second-order valence-electron chi connectivity index (χ2n) is 6.86. The van der Waals surface area contributed by atoms with Gasteiger partial charge < -0.3 is 5.11 Å². The van der Waals surface area contributed by atoms with E-state index < -0.39 is 10.1 Å². The number of hydrogen-bond donors (Lipinski definition) is 2. The van der Waals surface area contributed by atoms with Crippen molar-refractivity contribution in [3.63, 3.8) is 0 Å². The summed E-state index contributed by atoms with van der Waals surface area (Å²) in [6.07, 6.45) is 2.50.